The summed E-state index contributed by atoms with van der Waals surface area (Å²) in [5, 5.41) is 3.52. The monoisotopic (exact) mass is 267 g/mol. The molecule has 4 nitrogen and oxygen atoms in total. The maximum Gasteiger partial charge on any atom is 0.361 e. The van der Waals surface area contributed by atoms with Crippen LogP contribution >= 0.6 is 27.5 Å². The van der Waals surface area contributed by atoms with Gasteiger partial charge in [0.2, 0.25) is 5.69 Å². The Morgan fingerprint density at radius 1 is 1.77 bits per heavy atom. The van der Waals surface area contributed by atoms with E-state index in [2.05, 4.69) is 21.1 Å². The molecular weight excluding hydrogens is 261 g/mol. The molecule has 1 heterocycles. The molecule has 0 fully saturated rings. The van der Waals surface area contributed by atoms with E-state index in [4.69, 9.17) is 20.9 Å². The van der Waals surface area contributed by atoms with Crippen LogP contribution in [0.15, 0.2) is 9.00 Å². The van der Waals surface area contributed by atoms with Gasteiger partial charge >= 0.3 is 5.97 Å². The highest BCUT2D eigenvalue weighted by Gasteiger charge is 2.20. The predicted molar refractivity (Wildman–Crippen MR) is 49.7 cm³/mol. The van der Waals surface area contributed by atoms with Gasteiger partial charge in [-0.1, -0.05) is 5.16 Å². The molecule has 0 saturated heterocycles. The lowest BCUT2D eigenvalue weighted by molar-refractivity contribution is 0.0513. The van der Waals surface area contributed by atoms with E-state index in [0.717, 1.165) is 0 Å². The number of carbonyl (C=O) groups excluding carboxylic acids is 1. The van der Waals surface area contributed by atoms with Crippen LogP contribution in [0.4, 0.5) is 0 Å². The first-order chi connectivity index (χ1) is 6.20. The van der Waals surface area contributed by atoms with Crippen LogP contribution in [0.1, 0.15) is 23.2 Å². The molecule has 0 aliphatic carbocycles. The fourth-order valence-corrected chi connectivity index (χ4v) is 1.51. The fourth-order valence-electron chi connectivity index (χ4n) is 0.722. The van der Waals surface area contributed by atoms with Crippen LogP contribution in [-0.4, -0.2) is 17.7 Å². The molecule has 0 aromatic carbocycles. The molecule has 0 saturated carbocycles. The molecule has 0 aliphatic rings. The summed E-state index contributed by atoms with van der Waals surface area (Å²) in [4.78, 5) is 11.2. The number of rotatable bonds is 3. The lowest BCUT2D eigenvalue weighted by Gasteiger charge is -1.96. The van der Waals surface area contributed by atoms with Gasteiger partial charge in [0.05, 0.1) is 17.0 Å². The molecule has 0 bridgehead atoms. The molecule has 1 rings (SSSR count). The van der Waals surface area contributed by atoms with E-state index in [1.165, 1.54) is 0 Å². The third kappa shape index (κ3) is 2.22. The summed E-state index contributed by atoms with van der Waals surface area (Å²) in [5.74, 6) is 0.0618. The Morgan fingerprint density at radius 2 is 2.46 bits per heavy atom. The Bertz CT molecular complexity index is 313. The number of halogens is 2. The summed E-state index contributed by atoms with van der Waals surface area (Å²) in [7, 11) is 0. The molecule has 0 amide bonds. The quantitative estimate of drug-likeness (QED) is 0.624. The summed E-state index contributed by atoms with van der Waals surface area (Å²) < 4.78 is 9.97. The number of hydrogen-bond acceptors (Lipinski definition) is 4. The van der Waals surface area contributed by atoms with Crippen molar-refractivity contribution in [3.63, 3.8) is 0 Å². The average molecular weight is 268 g/mol. The minimum atomic E-state index is -0.519. The van der Waals surface area contributed by atoms with Crippen molar-refractivity contribution in [3.8, 4) is 0 Å². The molecular formula is C7H7BrClNO3. The maximum absolute atomic E-state index is 11.2. The average Bonchev–Trinajstić information content (AvgIpc) is 2.47. The Kier molecular flexibility index (Phi) is 3.74. The minimum absolute atomic E-state index is 0.123. The zero-order valence-electron chi connectivity index (χ0n) is 6.84. The van der Waals surface area contributed by atoms with E-state index in [1.54, 1.807) is 6.92 Å². The van der Waals surface area contributed by atoms with Crippen LogP contribution in [0, 0.1) is 0 Å². The van der Waals surface area contributed by atoms with Gasteiger partial charge in [0.25, 0.3) is 0 Å². The van der Waals surface area contributed by atoms with Gasteiger partial charge in [-0.2, -0.15) is 0 Å². The first-order valence-corrected chi connectivity index (χ1v) is 4.90. The van der Waals surface area contributed by atoms with E-state index in [1.807, 2.05) is 0 Å². The largest absolute Gasteiger partial charge is 0.461 e. The topological polar surface area (TPSA) is 52.3 Å². The van der Waals surface area contributed by atoms with Gasteiger partial charge in [0, 0.05) is 0 Å². The van der Waals surface area contributed by atoms with Gasteiger partial charge in [-0.3, -0.25) is 0 Å². The first kappa shape index (κ1) is 10.5. The van der Waals surface area contributed by atoms with E-state index >= 15 is 0 Å². The summed E-state index contributed by atoms with van der Waals surface area (Å²) in [6.07, 6.45) is 0. The molecule has 0 unspecified atom stereocenters. The minimum Gasteiger partial charge on any atom is -0.461 e. The summed E-state index contributed by atoms with van der Waals surface area (Å²) >= 11 is 8.65. The van der Waals surface area contributed by atoms with Gasteiger partial charge < -0.3 is 9.26 Å². The van der Waals surface area contributed by atoms with Crippen molar-refractivity contribution in [1.29, 1.82) is 0 Å². The molecule has 0 aliphatic heterocycles. The van der Waals surface area contributed by atoms with Gasteiger partial charge in [0.15, 0.2) is 5.76 Å². The second-order valence-electron chi connectivity index (χ2n) is 2.12. The van der Waals surface area contributed by atoms with E-state index in [-0.39, 0.29) is 11.6 Å². The van der Waals surface area contributed by atoms with Crippen LogP contribution in [0.5, 0.6) is 0 Å². The molecule has 6 heteroatoms. The number of carbonyl (C=O) groups is 1. The zero-order valence-corrected chi connectivity index (χ0v) is 9.18. The smallest absolute Gasteiger partial charge is 0.361 e. The number of esters is 1. The van der Waals surface area contributed by atoms with Crippen molar-refractivity contribution >= 4 is 33.5 Å². The molecule has 0 N–H and O–H groups in total. The van der Waals surface area contributed by atoms with Crippen molar-refractivity contribution in [3.05, 3.63) is 15.9 Å². The van der Waals surface area contributed by atoms with Crippen LogP contribution in [0.25, 0.3) is 0 Å². The van der Waals surface area contributed by atoms with Crippen molar-refractivity contribution in [1.82, 2.24) is 5.16 Å². The zero-order chi connectivity index (χ0) is 9.84. The van der Waals surface area contributed by atoms with E-state index in [9.17, 15) is 4.79 Å². The molecule has 13 heavy (non-hydrogen) atoms. The fraction of sp³-hybridized carbons (Fsp3) is 0.429. The normalized spacial score (nSPS) is 10.1. The first-order valence-electron chi connectivity index (χ1n) is 3.57. The molecule has 0 atom stereocenters. The van der Waals surface area contributed by atoms with Crippen molar-refractivity contribution in [2.24, 2.45) is 0 Å². The van der Waals surface area contributed by atoms with Crippen LogP contribution in [0.2, 0.25) is 0 Å². The van der Waals surface area contributed by atoms with Crippen LogP contribution in [0.3, 0.4) is 0 Å². The third-order valence-corrected chi connectivity index (χ3v) is 2.35. The Hall–Kier alpha value is -0.550. The number of alkyl halides is 1. The molecule has 0 radical (unpaired) electrons. The van der Waals surface area contributed by atoms with Crippen molar-refractivity contribution in [2.45, 2.75) is 12.8 Å². The number of hydrogen-bond donors (Lipinski definition) is 0. The highest BCUT2D eigenvalue weighted by molar-refractivity contribution is 9.10. The van der Waals surface area contributed by atoms with Crippen LogP contribution in [-0.2, 0) is 10.6 Å². The molecule has 1 aromatic rings. The molecule has 72 valence electrons. The Morgan fingerprint density at radius 3 is 2.92 bits per heavy atom. The highest BCUT2D eigenvalue weighted by atomic mass is 79.9. The SMILES string of the molecule is CCOC(=O)c1noc(CCl)c1Br. The van der Waals surface area contributed by atoms with Crippen LogP contribution < -0.4 is 0 Å². The number of nitrogens with zero attached hydrogens (tertiary/aromatic N) is 1. The van der Waals surface area contributed by atoms with E-state index in [0.29, 0.717) is 16.8 Å². The molecule has 0 spiro atoms. The lowest BCUT2D eigenvalue weighted by Crippen LogP contribution is -2.05. The van der Waals surface area contributed by atoms with Crippen molar-refractivity contribution < 1.29 is 14.1 Å². The second-order valence-corrected chi connectivity index (χ2v) is 3.18. The molecule has 1 aromatic heterocycles. The maximum atomic E-state index is 11.2. The van der Waals surface area contributed by atoms with Gasteiger partial charge in [-0.25, -0.2) is 4.79 Å². The van der Waals surface area contributed by atoms with Crippen molar-refractivity contribution in [2.75, 3.05) is 6.61 Å². The standard InChI is InChI=1S/C7H7BrClNO3/c1-2-12-7(11)6-5(8)4(3-9)13-10-6/h2-3H2,1H3. The van der Waals surface area contributed by atoms with Gasteiger partial charge in [-0.15, -0.1) is 11.6 Å². The second kappa shape index (κ2) is 4.62. The summed E-state index contributed by atoms with van der Waals surface area (Å²) in [6.45, 7) is 2.02. The summed E-state index contributed by atoms with van der Waals surface area (Å²) in [5.41, 5.74) is 0.123. The van der Waals surface area contributed by atoms with E-state index < -0.39 is 5.97 Å². The Balaban J connectivity index is 2.89. The number of aromatic nitrogens is 1. The van der Waals surface area contributed by atoms with Gasteiger partial charge in [-0.05, 0) is 22.9 Å². The number of ether oxygens (including phenoxy) is 1. The highest BCUT2D eigenvalue weighted by Crippen LogP contribution is 2.23. The van der Waals surface area contributed by atoms with Gasteiger partial charge in [0.1, 0.15) is 0 Å². The summed E-state index contributed by atoms with van der Waals surface area (Å²) in [6, 6.07) is 0. The third-order valence-electron chi connectivity index (χ3n) is 1.29. The lowest BCUT2D eigenvalue weighted by atomic mass is 10.4. The predicted octanol–water partition coefficient (Wildman–Crippen LogP) is 2.35. The Labute approximate surface area is 88.3 Å².